The molecular formula is C14H16N2O2S. The number of methoxy groups -OCH3 is 1. The highest BCUT2D eigenvalue weighted by Gasteiger charge is 2.07. The van der Waals surface area contributed by atoms with Gasteiger partial charge in [-0.3, -0.25) is 4.79 Å². The van der Waals surface area contributed by atoms with Crippen LogP contribution in [0, 0.1) is 0 Å². The van der Waals surface area contributed by atoms with Crippen molar-refractivity contribution in [1.82, 2.24) is 10.3 Å². The summed E-state index contributed by atoms with van der Waals surface area (Å²) in [4.78, 5) is 16.1. The minimum absolute atomic E-state index is 0.0156. The summed E-state index contributed by atoms with van der Waals surface area (Å²) >= 11 is 1.51. The second-order valence-electron chi connectivity index (χ2n) is 4.10. The fourth-order valence-electron chi connectivity index (χ4n) is 1.64. The van der Waals surface area contributed by atoms with Crippen LogP contribution in [0.15, 0.2) is 35.7 Å². The van der Waals surface area contributed by atoms with Crippen LogP contribution in [0.4, 0.5) is 0 Å². The summed E-state index contributed by atoms with van der Waals surface area (Å²) in [6.45, 7) is 1.05. The molecule has 0 bridgehead atoms. The fraction of sp³-hybridized carbons (Fsp3) is 0.286. The molecule has 2 aromatic rings. The molecule has 5 heteroatoms. The van der Waals surface area contributed by atoms with E-state index in [9.17, 15) is 4.79 Å². The first kappa shape index (κ1) is 13.7. The lowest BCUT2D eigenvalue weighted by Gasteiger charge is -2.03. The van der Waals surface area contributed by atoms with Crippen molar-refractivity contribution in [2.24, 2.45) is 0 Å². The number of carbonyl (C=O) groups excluding carboxylic acids is 1. The Kier molecular flexibility index (Phi) is 5.06. The van der Waals surface area contributed by atoms with Gasteiger partial charge in [0.05, 0.1) is 18.7 Å². The average molecular weight is 276 g/mol. The Morgan fingerprint density at radius 3 is 2.89 bits per heavy atom. The molecule has 1 amide bonds. The molecule has 1 heterocycles. The largest absolute Gasteiger partial charge is 0.378 e. The maximum atomic E-state index is 11.8. The van der Waals surface area contributed by atoms with Crippen molar-refractivity contribution >= 4 is 17.2 Å². The van der Waals surface area contributed by atoms with Crippen LogP contribution in [0.5, 0.6) is 0 Å². The third-order valence-corrected chi connectivity index (χ3v) is 3.41. The molecular weight excluding hydrogens is 260 g/mol. The quantitative estimate of drug-likeness (QED) is 0.879. The van der Waals surface area contributed by atoms with E-state index in [-0.39, 0.29) is 5.91 Å². The molecule has 0 fully saturated rings. The monoisotopic (exact) mass is 276 g/mol. The van der Waals surface area contributed by atoms with Crippen molar-refractivity contribution in [3.8, 4) is 0 Å². The predicted molar refractivity (Wildman–Crippen MR) is 74.8 cm³/mol. The summed E-state index contributed by atoms with van der Waals surface area (Å²) in [7, 11) is 1.63. The number of hydrogen-bond acceptors (Lipinski definition) is 4. The zero-order valence-corrected chi connectivity index (χ0v) is 11.6. The van der Waals surface area contributed by atoms with Gasteiger partial charge in [0, 0.05) is 19.0 Å². The van der Waals surface area contributed by atoms with Crippen molar-refractivity contribution in [2.75, 3.05) is 7.11 Å². The van der Waals surface area contributed by atoms with Crippen LogP contribution >= 0.6 is 11.3 Å². The van der Waals surface area contributed by atoms with Gasteiger partial charge in [0.2, 0.25) is 5.91 Å². The topological polar surface area (TPSA) is 51.2 Å². The molecule has 0 aliphatic heterocycles. The highest BCUT2D eigenvalue weighted by molar-refractivity contribution is 7.09. The Labute approximate surface area is 116 Å². The van der Waals surface area contributed by atoms with Gasteiger partial charge in [-0.1, -0.05) is 30.3 Å². The van der Waals surface area contributed by atoms with Crippen LogP contribution in [-0.4, -0.2) is 18.0 Å². The smallest absolute Gasteiger partial charge is 0.226 e. The molecule has 0 spiro atoms. The van der Waals surface area contributed by atoms with Gasteiger partial charge in [-0.25, -0.2) is 4.98 Å². The summed E-state index contributed by atoms with van der Waals surface area (Å²) in [5, 5.41) is 5.68. The van der Waals surface area contributed by atoms with Gasteiger partial charge in [-0.05, 0) is 5.56 Å². The molecule has 100 valence electrons. The first-order chi connectivity index (χ1) is 9.28. The van der Waals surface area contributed by atoms with Crippen LogP contribution in [0.25, 0.3) is 0 Å². The Morgan fingerprint density at radius 1 is 1.37 bits per heavy atom. The van der Waals surface area contributed by atoms with E-state index in [0.717, 1.165) is 16.3 Å². The number of nitrogens with zero attached hydrogens (tertiary/aromatic N) is 1. The summed E-state index contributed by atoms with van der Waals surface area (Å²) < 4.78 is 5.00. The van der Waals surface area contributed by atoms with E-state index in [1.165, 1.54) is 11.3 Å². The molecule has 0 saturated carbocycles. The molecule has 1 aromatic heterocycles. The molecule has 1 N–H and O–H groups in total. The zero-order chi connectivity index (χ0) is 13.5. The maximum absolute atomic E-state index is 11.8. The van der Waals surface area contributed by atoms with Gasteiger partial charge < -0.3 is 10.1 Å². The van der Waals surface area contributed by atoms with Crippen molar-refractivity contribution < 1.29 is 9.53 Å². The minimum atomic E-state index is -0.0156. The lowest BCUT2D eigenvalue weighted by molar-refractivity contribution is -0.120. The van der Waals surface area contributed by atoms with E-state index in [4.69, 9.17) is 4.74 Å². The number of thiazole rings is 1. The van der Waals surface area contributed by atoms with Crippen LogP contribution in [0.1, 0.15) is 16.3 Å². The Morgan fingerprint density at radius 2 is 2.16 bits per heavy atom. The van der Waals surface area contributed by atoms with E-state index in [1.54, 1.807) is 7.11 Å². The highest BCUT2D eigenvalue weighted by Crippen LogP contribution is 2.11. The zero-order valence-electron chi connectivity index (χ0n) is 10.8. The van der Waals surface area contributed by atoms with Crippen molar-refractivity contribution in [2.45, 2.75) is 19.6 Å². The SMILES string of the molecule is COCc1nc(CC(=O)NCc2ccccc2)cs1. The second kappa shape index (κ2) is 7.01. The van der Waals surface area contributed by atoms with E-state index >= 15 is 0 Å². The van der Waals surface area contributed by atoms with E-state index in [1.807, 2.05) is 35.7 Å². The van der Waals surface area contributed by atoms with Crippen LogP contribution in [-0.2, 0) is 29.1 Å². The molecule has 4 nitrogen and oxygen atoms in total. The first-order valence-electron chi connectivity index (χ1n) is 6.01. The normalized spacial score (nSPS) is 10.4. The Hall–Kier alpha value is -1.72. The Balaban J connectivity index is 1.80. The van der Waals surface area contributed by atoms with Gasteiger partial charge in [0.25, 0.3) is 0 Å². The third-order valence-electron chi connectivity index (χ3n) is 2.54. The molecule has 0 radical (unpaired) electrons. The lowest BCUT2D eigenvalue weighted by atomic mass is 10.2. The van der Waals surface area contributed by atoms with Crippen LogP contribution in [0.3, 0.4) is 0 Å². The van der Waals surface area contributed by atoms with Crippen molar-refractivity contribution in [3.63, 3.8) is 0 Å². The molecule has 2 rings (SSSR count). The van der Waals surface area contributed by atoms with Gasteiger partial charge >= 0.3 is 0 Å². The molecule has 19 heavy (non-hydrogen) atoms. The lowest BCUT2D eigenvalue weighted by Crippen LogP contribution is -2.24. The number of carbonyl (C=O) groups is 1. The summed E-state index contributed by atoms with van der Waals surface area (Å²) in [5.74, 6) is -0.0156. The molecule has 0 atom stereocenters. The molecule has 0 aliphatic carbocycles. The molecule has 1 aromatic carbocycles. The van der Waals surface area contributed by atoms with Gasteiger partial charge in [-0.15, -0.1) is 11.3 Å². The van der Waals surface area contributed by atoms with Crippen LogP contribution in [0.2, 0.25) is 0 Å². The molecule has 0 aliphatic rings. The number of hydrogen-bond donors (Lipinski definition) is 1. The second-order valence-corrected chi connectivity index (χ2v) is 5.05. The van der Waals surface area contributed by atoms with Gasteiger partial charge in [-0.2, -0.15) is 0 Å². The maximum Gasteiger partial charge on any atom is 0.226 e. The summed E-state index contributed by atoms with van der Waals surface area (Å²) in [6, 6.07) is 9.84. The van der Waals surface area contributed by atoms with Crippen molar-refractivity contribution in [3.05, 3.63) is 52.0 Å². The van der Waals surface area contributed by atoms with E-state index in [2.05, 4.69) is 10.3 Å². The number of aromatic nitrogens is 1. The first-order valence-corrected chi connectivity index (χ1v) is 6.88. The molecule has 0 saturated heterocycles. The number of benzene rings is 1. The summed E-state index contributed by atoms with van der Waals surface area (Å²) in [6.07, 6.45) is 0.313. The predicted octanol–water partition coefficient (Wildman–Crippen LogP) is 2.15. The molecule has 0 unspecified atom stereocenters. The van der Waals surface area contributed by atoms with E-state index in [0.29, 0.717) is 19.6 Å². The summed E-state index contributed by atoms with van der Waals surface area (Å²) in [5.41, 5.74) is 1.89. The van der Waals surface area contributed by atoms with Gasteiger partial charge in [0.1, 0.15) is 5.01 Å². The fourth-order valence-corrected chi connectivity index (χ4v) is 2.41. The number of nitrogens with one attached hydrogen (secondary N) is 1. The standard InChI is InChI=1S/C14H16N2O2S/c1-18-9-14-16-12(10-19-14)7-13(17)15-8-11-5-3-2-4-6-11/h2-6,10H,7-9H2,1H3,(H,15,17). The third kappa shape index (κ3) is 4.46. The van der Waals surface area contributed by atoms with Crippen molar-refractivity contribution in [1.29, 1.82) is 0 Å². The van der Waals surface area contributed by atoms with Crippen LogP contribution < -0.4 is 5.32 Å². The highest BCUT2D eigenvalue weighted by atomic mass is 32.1. The number of ether oxygens (including phenoxy) is 1. The Bertz CT molecular complexity index is 525. The number of amides is 1. The average Bonchev–Trinajstić information content (AvgIpc) is 2.85. The van der Waals surface area contributed by atoms with Gasteiger partial charge in [0.15, 0.2) is 0 Å². The minimum Gasteiger partial charge on any atom is -0.378 e. The van der Waals surface area contributed by atoms with E-state index < -0.39 is 0 Å². The number of rotatable bonds is 6.